The van der Waals surface area contributed by atoms with Crippen molar-refractivity contribution >= 4 is 49.6 Å². The zero-order valence-corrected chi connectivity index (χ0v) is 28.7. The van der Waals surface area contributed by atoms with Crippen molar-refractivity contribution in [1.29, 1.82) is 0 Å². The van der Waals surface area contributed by atoms with E-state index in [0.29, 0.717) is 0 Å². The average molecular weight is 653 g/mol. The van der Waals surface area contributed by atoms with Crippen LogP contribution in [0.15, 0.2) is 182 Å². The molecule has 1 aliphatic carbocycles. The maximum atomic E-state index is 2.44. The molecule has 0 amide bonds. The maximum absolute atomic E-state index is 2.44. The molecule has 0 fully saturated rings. The lowest BCUT2D eigenvalue weighted by atomic mass is 9.82. The molecule has 10 rings (SSSR count). The van der Waals surface area contributed by atoms with Gasteiger partial charge in [-0.1, -0.05) is 135 Å². The van der Waals surface area contributed by atoms with E-state index in [2.05, 4.69) is 205 Å². The Morgan fingerprint density at radius 1 is 0.451 bits per heavy atom. The van der Waals surface area contributed by atoms with Gasteiger partial charge in [-0.3, -0.25) is 0 Å². The molecule has 0 atom stereocenters. The van der Waals surface area contributed by atoms with E-state index in [9.17, 15) is 0 Å². The Hall–Kier alpha value is -6.38. The largest absolute Gasteiger partial charge is 0.310 e. The van der Waals surface area contributed by atoms with Gasteiger partial charge in [0.05, 0.1) is 16.7 Å². The first-order valence-corrected chi connectivity index (χ1v) is 17.8. The molecule has 0 radical (unpaired) electrons. The van der Waals surface area contributed by atoms with E-state index in [1.54, 1.807) is 0 Å². The summed E-state index contributed by atoms with van der Waals surface area (Å²) in [4.78, 5) is 2.44. The predicted molar refractivity (Wildman–Crippen MR) is 216 cm³/mol. The molecule has 1 aliphatic rings. The van der Waals surface area contributed by atoms with Crippen LogP contribution in [0.2, 0.25) is 0 Å². The second-order valence-electron chi connectivity index (χ2n) is 14.2. The molecule has 1 aromatic heterocycles. The molecular weight excluding hydrogens is 617 g/mol. The van der Waals surface area contributed by atoms with Crippen LogP contribution in [0.5, 0.6) is 0 Å². The van der Waals surface area contributed by atoms with Gasteiger partial charge in [0.25, 0.3) is 0 Å². The molecule has 0 unspecified atom stereocenters. The molecule has 2 heteroatoms. The van der Waals surface area contributed by atoms with Gasteiger partial charge in [0.15, 0.2) is 0 Å². The Labute approximate surface area is 298 Å². The minimum Gasteiger partial charge on any atom is -0.310 e. The number of hydrogen-bond acceptors (Lipinski definition) is 1. The third-order valence-electron chi connectivity index (χ3n) is 11.0. The lowest BCUT2D eigenvalue weighted by Gasteiger charge is -2.29. The topological polar surface area (TPSA) is 8.17 Å². The monoisotopic (exact) mass is 652 g/mol. The van der Waals surface area contributed by atoms with Gasteiger partial charge in [0.2, 0.25) is 0 Å². The van der Waals surface area contributed by atoms with Gasteiger partial charge in [0, 0.05) is 38.8 Å². The molecule has 2 nitrogen and oxygen atoms in total. The van der Waals surface area contributed by atoms with Crippen molar-refractivity contribution in [2.45, 2.75) is 19.3 Å². The molecule has 242 valence electrons. The summed E-state index contributed by atoms with van der Waals surface area (Å²) in [5.41, 5.74) is 14.7. The van der Waals surface area contributed by atoms with Crippen molar-refractivity contribution in [3.63, 3.8) is 0 Å². The standard InChI is InChI=1S/C49H36N2/c1-49(2)43-17-8-5-16-42(43)48-44(49)18-11-21-47(48)50(37-26-24-34(25-27-37)36-23-22-33-12-3-4-13-35(33)32-36)38-28-30-39(31-29-38)51-45-19-9-6-14-40(45)41-15-7-10-20-46(41)51/h3-32H,1-2H3. The van der Waals surface area contributed by atoms with Crippen LogP contribution >= 0.6 is 0 Å². The summed E-state index contributed by atoms with van der Waals surface area (Å²) >= 11 is 0. The molecule has 9 aromatic rings. The second-order valence-corrected chi connectivity index (χ2v) is 14.2. The zero-order chi connectivity index (χ0) is 34.1. The highest BCUT2D eigenvalue weighted by molar-refractivity contribution is 6.09. The first-order valence-electron chi connectivity index (χ1n) is 17.8. The van der Waals surface area contributed by atoms with E-state index in [0.717, 1.165) is 17.1 Å². The normalized spacial score (nSPS) is 13.1. The van der Waals surface area contributed by atoms with E-state index in [4.69, 9.17) is 0 Å². The highest BCUT2D eigenvalue weighted by Gasteiger charge is 2.37. The van der Waals surface area contributed by atoms with E-state index in [1.807, 2.05) is 0 Å². The lowest BCUT2D eigenvalue weighted by Crippen LogP contribution is -2.16. The number of rotatable bonds is 5. The summed E-state index contributed by atoms with van der Waals surface area (Å²) < 4.78 is 2.39. The number of hydrogen-bond donors (Lipinski definition) is 0. The van der Waals surface area contributed by atoms with Crippen molar-refractivity contribution in [1.82, 2.24) is 4.57 Å². The minimum atomic E-state index is -0.0893. The van der Waals surface area contributed by atoms with Gasteiger partial charge in [-0.15, -0.1) is 0 Å². The summed E-state index contributed by atoms with van der Waals surface area (Å²) in [6.07, 6.45) is 0. The van der Waals surface area contributed by atoms with E-state index < -0.39 is 0 Å². The first-order chi connectivity index (χ1) is 25.1. The molecule has 0 spiro atoms. The number of nitrogens with zero attached hydrogens (tertiary/aromatic N) is 2. The van der Waals surface area contributed by atoms with Gasteiger partial charge in [-0.05, 0) is 99.3 Å². The highest BCUT2D eigenvalue weighted by atomic mass is 15.1. The third-order valence-corrected chi connectivity index (χ3v) is 11.0. The van der Waals surface area contributed by atoms with Gasteiger partial charge in [-0.25, -0.2) is 0 Å². The Morgan fingerprint density at radius 2 is 1.02 bits per heavy atom. The van der Waals surface area contributed by atoms with Crippen molar-refractivity contribution in [3.8, 4) is 27.9 Å². The minimum absolute atomic E-state index is 0.0893. The van der Waals surface area contributed by atoms with Crippen LogP contribution < -0.4 is 4.90 Å². The summed E-state index contributed by atoms with van der Waals surface area (Å²) in [6, 6.07) is 66.6. The van der Waals surface area contributed by atoms with Gasteiger partial charge < -0.3 is 9.47 Å². The van der Waals surface area contributed by atoms with E-state index in [-0.39, 0.29) is 5.41 Å². The molecule has 0 saturated carbocycles. The van der Waals surface area contributed by atoms with E-state index >= 15 is 0 Å². The predicted octanol–water partition coefficient (Wildman–Crippen LogP) is 13.4. The Bertz CT molecular complexity index is 2710. The molecule has 51 heavy (non-hydrogen) atoms. The molecule has 0 N–H and O–H groups in total. The summed E-state index contributed by atoms with van der Waals surface area (Å²) in [7, 11) is 0. The number of aromatic nitrogens is 1. The number of fused-ring (bicyclic) bond motifs is 7. The van der Waals surface area contributed by atoms with Crippen LogP contribution in [0.4, 0.5) is 17.1 Å². The number of para-hydroxylation sites is 2. The van der Waals surface area contributed by atoms with Crippen molar-refractivity contribution in [3.05, 3.63) is 193 Å². The van der Waals surface area contributed by atoms with Crippen LogP contribution in [0.1, 0.15) is 25.0 Å². The number of benzene rings is 8. The summed E-state index contributed by atoms with van der Waals surface area (Å²) in [6.45, 7) is 4.70. The number of anilines is 3. The molecule has 0 aliphatic heterocycles. The highest BCUT2D eigenvalue weighted by Crippen LogP contribution is 2.54. The fraction of sp³-hybridized carbons (Fsp3) is 0.0612. The average Bonchev–Trinajstić information content (AvgIpc) is 3.64. The van der Waals surface area contributed by atoms with Crippen molar-refractivity contribution in [2.24, 2.45) is 0 Å². The quantitative estimate of drug-likeness (QED) is 0.180. The Balaban J connectivity index is 1.14. The summed E-state index contributed by atoms with van der Waals surface area (Å²) in [5.74, 6) is 0. The second kappa shape index (κ2) is 11.3. The van der Waals surface area contributed by atoms with Crippen LogP contribution in [0.3, 0.4) is 0 Å². The fourth-order valence-electron chi connectivity index (χ4n) is 8.47. The Morgan fingerprint density at radius 3 is 1.75 bits per heavy atom. The molecule has 1 heterocycles. The molecule has 0 bridgehead atoms. The van der Waals surface area contributed by atoms with Crippen LogP contribution in [0, 0.1) is 0 Å². The van der Waals surface area contributed by atoms with Crippen molar-refractivity contribution < 1.29 is 0 Å². The van der Waals surface area contributed by atoms with Crippen LogP contribution in [-0.4, -0.2) is 4.57 Å². The van der Waals surface area contributed by atoms with Gasteiger partial charge in [0.1, 0.15) is 0 Å². The third kappa shape index (κ3) is 4.57. The Kier molecular flexibility index (Phi) is 6.56. The molecule has 0 saturated heterocycles. The van der Waals surface area contributed by atoms with Crippen LogP contribution in [-0.2, 0) is 5.41 Å². The fourth-order valence-corrected chi connectivity index (χ4v) is 8.47. The van der Waals surface area contributed by atoms with Gasteiger partial charge in [-0.2, -0.15) is 0 Å². The van der Waals surface area contributed by atoms with Crippen molar-refractivity contribution in [2.75, 3.05) is 4.90 Å². The van der Waals surface area contributed by atoms with Gasteiger partial charge >= 0.3 is 0 Å². The molecular formula is C49H36N2. The molecule has 8 aromatic carbocycles. The summed E-state index contributed by atoms with van der Waals surface area (Å²) in [5, 5.41) is 5.05. The maximum Gasteiger partial charge on any atom is 0.0543 e. The first kappa shape index (κ1) is 29.5. The lowest BCUT2D eigenvalue weighted by molar-refractivity contribution is 0.660. The van der Waals surface area contributed by atoms with E-state index in [1.165, 1.54) is 71.6 Å². The zero-order valence-electron chi connectivity index (χ0n) is 28.7. The van der Waals surface area contributed by atoms with Crippen LogP contribution in [0.25, 0.3) is 60.5 Å². The SMILES string of the molecule is CC1(C)c2ccccc2-c2c(N(c3ccc(-c4ccc5ccccc5c4)cc3)c3ccc(-n4c5ccccc5c5ccccc54)cc3)cccc21. The smallest absolute Gasteiger partial charge is 0.0543 e.